The number of anilines is 1. The molecule has 17 heavy (non-hydrogen) atoms. The average Bonchev–Trinajstić information content (AvgIpc) is 2.25. The Bertz CT molecular complexity index is 471. The molecule has 0 aliphatic heterocycles. The van der Waals surface area contributed by atoms with Gasteiger partial charge in [0.2, 0.25) is 10.0 Å². The first-order valence-electron chi connectivity index (χ1n) is 4.95. The summed E-state index contributed by atoms with van der Waals surface area (Å²) < 4.78 is 26.5. The van der Waals surface area contributed by atoms with Crippen molar-refractivity contribution in [2.45, 2.75) is 17.1 Å². The average molecular weight is 295 g/mol. The highest BCUT2D eigenvalue weighted by Gasteiger charge is 2.21. The van der Waals surface area contributed by atoms with Crippen LogP contribution < -0.4 is 10.5 Å². The number of halogens is 1. The number of benzene rings is 1. The second kappa shape index (κ2) is 5.95. The molecule has 0 aromatic heterocycles. The molecule has 0 amide bonds. The van der Waals surface area contributed by atoms with E-state index >= 15 is 0 Å². The first kappa shape index (κ1) is 14.6. The molecule has 1 rings (SSSR count). The summed E-state index contributed by atoms with van der Waals surface area (Å²) in [6.07, 6.45) is 1.92. The van der Waals surface area contributed by atoms with Gasteiger partial charge in [-0.05, 0) is 18.4 Å². The monoisotopic (exact) mass is 294 g/mol. The van der Waals surface area contributed by atoms with Gasteiger partial charge in [0.1, 0.15) is 4.90 Å². The number of nitrogen functional groups attached to an aromatic ring is 1. The van der Waals surface area contributed by atoms with E-state index < -0.39 is 10.0 Å². The smallest absolute Gasteiger partial charge is 0.244 e. The summed E-state index contributed by atoms with van der Waals surface area (Å²) in [5, 5.41) is 0.322. The lowest BCUT2D eigenvalue weighted by atomic mass is 10.3. The van der Waals surface area contributed by atoms with Crippen molar-refractivity contribution in [3.05, 3.63) is 23.2 Å². The molecular formula is C10H15ClN2O2S2. The van der Waals surface area contributed by atoms with Crippen LogP contribution in [0.2, 0.25) is 5.02 Å². The van der Waals surface area contributed by atoms with Gasteiger partial charge in [-0.3, -0.25) is 0 Å². The van der Waals surface area contributed by atoms with Gasteiger partial charge in [-0.15, -0.1) is 0 Å². The lowest BCUT2D eigenvalue weighted by Crippen LogP contribution is -2.30. The third-order valence-corrected chi connectivity index (χ3v) is 5.17. The molecule has 1 aromatic rings. The minimum atomic E-state index is -3.65. The quantitative estimate of drug-likeness (QED) is 0.814. The van der Waals surface area contributed by atoms with Crippen molar-refractivity contribution in [1.82, 2.24) is 4.72 Å². The first-order valence-corrected chi connectivity index (χ1v) is 8.10. The van der Waals surface area contributed by atoms with Crippen LogP contribution in [0.1, 0.15) is 6.92 Å². The van der Waals surface area contributed by atoms with E-state index in [1.807, 2.05) is 13.2 Å². The van der Waals surface area contributed by atoms with Crippen molar-refractivity contribution in [3.63, 3.8) is 0 Å². The molecule has 0 spiro atoms. The summed E-state index contributed by atoms with van der Waals surface area (Å²) in [6, 6.07) is 4.63. The predicted molar refractivity (Wildman–Crippen MR) is 74.0 cm³/mol. The van der Waals surface area contributed by atoms with Gasteiger partial charge in [-0.2, -0.15) is 11.8 Å². The molecule has 1 aromatic carbocycles. The van der Waals surface area contributed by atoms with Gasteiger partial charge < -0.3 is 5.73 Å². The molecule has 0 saturated carbocycles. The molecule has 0 aliphatic carbocycles. The number of hydrogen-bond donors (Lipinski definition) is 2. The fourth-order valence-electron chi connectivity index (χ4n) is 1.19. The number of hydrogen-bond acceptors (Lipinski definition) is 4. The standard InChI is InChI=1S/C10H15ClN2O2S2/c1-7(16-2)6-13-17(14,15)10-8(11)4-3-5-9(10)12/h3-5,7,13H,6,12H2,1-2H3. The Kier molecular flexibility index (Phi) is 5.12. The third-order valence-electron chi connectivity index (χ3n) is 2.23. The maximum atomic E-state index is 12.0. The molecule has 0 saturated heterocycles. The SMILES string of the molecule is CSC(C)CNS(=O)(=O)c1c(N)cccc1Cl. The van der Waals surface area contributed by atoms with Crippen LogP contribution in [0.5, 0.6) is 0 Å². The van der Waals surface area contributed by atoms with Crippen LogP contribution in [-0.4, -0.2) is 26.5 Å². The van der Waals surface area contributed by atoms with Gasteiger partial charge in [0.25, 0.3) is 0 Å². The first-order chi connectivity index (χ1) is 7.88. The molecular weight excluding hydrogens is 280 g/mol. The summed E-state index contributed by atoms with van der Waals surface area (Å²) in [4.78, 5) is -0.0463. The molecule has 1 unspecified atom stereocenters. The maximum absolute atomic E-state index is 12.0. The molecule has 0 heterocycles. The minimum Gasteiger partial charge on any atom is -0.398 e. The summed E-state index contributed by atoms with van der Waals surface area (Å²) in [5.74, 6) is 0. The Morgan fingerprint density at radius 2 is 2.18 bits per heavy atom. The van der Waals surface area contributed by atoms with Gasteiger partial charge in [-0.25, -0.2) is 13.1 Å². The predicted octanol–water partition coefficient (Wildman–Crippen LogP) is 1.95. The molecule has 0 aliphatic rings. The van der Waals surface area contributed by atoms with Crippen LogP contribution >= 0.6 is 23.4 Å². The van der Waals surface area contributed by atoms with E-state index in [0.717, 1.165) is 0 Å². The van der Waals surface area contributed by atoms with Gasteiger partial charge in [0, 0.05) is 11.8 Å². The summed E-state index contributed by atoms with van der Waals surface area (Å²) in [5.41, 5.74) is 5.79. The fourth-order valence-corrected chi connectivity index (χ4v) is 3.35. The zero-order chi connectivity index (χ0) is 13.1. The van der Waals surface area contributed by atoms with Crippen molar-refractivity contribution in [2.75, 3.05) is 18.5 Å². The van der Waals surface area contributed by atoms with Crippen molar-refractivity contribution < 1.29 is 8.42 Å². The van der Waals surface area contributed by atoms with Gasteiger partial charge in [-0.1, -0.05) is 24.6 Å². The molecule has 0 bridgehead atoms. The number of nitrogens with two attached hydrogens (primary N) is 1. The summed E-state index contributed by atoms with van der Waals surface area (Å²) in [6.45, 7) is 2.28. The van der Waals surface area contributed by atoms with Gasteiger partial charge in [0.15, 0.2) is 0 Å². The van der Waals surface area contributed by atoms with Gasteiger partial charge >= 0.3 is 0 Å². The van der Waals surface area contributed by atoms with Crippen LogP contribution in [0.4, 0.5) is 5.69 Å². The molecule has 1 atom stereocenters. The van der Waals surface area contributed by atoms with Crippen LogP contribution in [0.15, 0.2) is 23.1 Å². The Morgan fingerprint density at radius 1 is 1.53 bits per heavy atom. The Labute approximate surface area is 111 Å². The number of nitrogens with one attached hydrogen (secondary N) is 1. The van der Waals surface area contributed by atoms with E-state index in [0.29, 0.717) is 6.54 Å². The van der Waals surface area contributed by atoms with Crippen LogP contribution in [0.3, 0.4) is 0 Å². The second-order valence-electron chi connectivity index (χ2n) is 3.56. The zero-order valence-electron chi connectivity index (χ0n) is 9.60. The molecule has 4 nitrogen and oxygen atoms in total. The lowest BCUT2D eigenvalue weighted by Gasteiger charge is -2.13. The molecule has 3 N–H and O–H groups in total. The highest BCUT2D eigenvalue weighted by molar-refractivity contribution is 7.99. The van der Waals surface area contributed by atoms with Crippen molar-refractivity contribution in [3.8, 4) is 0 Å². The van der Waals surface area contributed by atoms with E-state index in [1.165, 1.54) is 12.1 Å². The second-order valence-corrected chi connectivity index (χ2v) is 6.94. The van der Waals surface area contributed by atoms with E-state index in [9.17, 15) is 8.42 Å². The largest absolute Gasteiger partial charge is 0.398 e. The van der Waals surface area contributed by atoms with Gasteiger partial charge in [0.05, 0.1) is 10.7 Å². The molecule has 0 radical (unpaired) electrons. The van der Waals surface area contributed by atoms with E-state index in [4.69, 9.17) is 17.3 Å². The van der Waals surface area contributed by atoms with E-state index in [2.05, 4.69) is 4.72 Å². The number of thioether (sulfide) groups is 1. The van der Waals surface area contributed by atoms with E-state index in [1.54, 1.807) is 17.8 Å². The normalized spacial score (nSPS) is 13.6. The third kappa shape index (κ3) is 3.77. The maximum Gasteiger partial charge on any atom is 0.244 e. The highest BCUT2D eigenvalue weighted by atomic mass is 35.5. The van der Waals surface area contributed by atoms with Crippen LogP contribution in [-0.2, 0) is 10.0 Å². The molecule has 7 heteroatoms. The van der Waals surface area contributed by atoms with Crippen molar-refractivity contribution in [2.24, 2.45) is 0 Å². The highest BCUT2D eigenvalue weighted by Crippen LogP contribution is 2.26. The number of rotatable bonds is 5. The molecule has 0 fully saturated rings. The zero-order valence-corrected chi connectivity index (χ0v) is 12.0. The van der Waals surface area contributed by atoms with Crippen molar-refractivity contribution in [1.29, 1.82) is 0 Å². The topological polar surface area (TPSA) is 72.2 Å². The molecule has 96 valence electrons. The Hall–Kier alpha value is -0.430. The number of sulfonamides is 1. The van der Waals surface area contributed by atoms with E-state index in [-0.39, 0.29) is 20.9 Å². The Morgan fingerprint density at radius 3 is 2.71 bits per heavy atom. The fraction of sp³-hybridized carbons (Fsp3) is 0.400. The summed E-state index contributed by atoms with van der Waals surface area (Å²) >= 11 is 7.44. The summed E-state index contributed by atoms with van der Waals surface area (Å²) in [7, 11) is -3.65. The van der Waals surface area contributed by atoms with Crippen LogP contribution in [0, 0.1) is 0 Å². The van der Waals surface area contributed by atoms with Crippen molar-refractivity contribution >= 4 is 39.1 Å². The minimum absolute atomic E-state index is 0.0463. The lowest BCUT2D eigenvalue weighted by molar-refractivity contribution is 0.582. The Balaban J connectivity index is 2.98. The van der Waals surface area contributed by atoms with Crippen LogP contribution in [0.25, 0.3) is 0 Å².